The topological polar surface area (TPSA) is 38.3 Å². The monoisotopic (exact) mass is 351 g/mol. The smallest absolute Gasteiger partial charge is 0.270 e. The number of fused-ring (bicyclic) bond motifs is 1. The van der Waals surface area contributed by atoms with Gasteiger partial charge in [-0.25, -0.2) is 11.5 Å². The average molecular weight is 352 g/mol. The summed E-state index contributed by atoms with van der Waals surface area (Å²) in [6.45, 7) is 9.40. The molecule has 0 amide bonds. The molecule has 1 aliphatic rings. The second-order valence-electron chi connectivity index (χ2n) is 6.34. The zero-order chi connectivity index (χ0) is 17.2. The van der Waals surface area contributed by atoms with Gasteiger partial charge >= 0.3 is 0 Å². The van der Waals surface area contributed by atoms with Gasteiger partial charge in [-0.15, -0.1) is 0 Å². The lowest BCUT2D eigenvalue weighted by Gasteiger charge is -2.29. The summed E-state index contributed by atoms with van der Waals surface area (Å²) in [5, 5.41) is 6.72. The first-order chi connectivity index (χ1) is 12.3. The Kier molecular flexibility index (Phi) is 4.39. The number of benzene rings is 1. The van der Waals surface area contributed by atoms with Crippen molar-refractivity contribution < 1.29 is 0 Å². The number of hydrogen-bond donors (Lipinski definition) is 0. The predicted molar refractivity (Wildman–Crippen MR) is 99.3 cm³/mol. The van der Waals surface area contributed by atoms with Crippen LogP contribution >= 0.6 is 11.6 Å². The first kappa shape index (κ1) is 16.1. The van der Waals surface area contributed by atoms with Gasteiger partial charge < -0.3 is 0 Å². The fraction of sp³-hybridized carbons (Fsp3) is 0.316. The highest BCUT2D eigenvalue weighted by Crippen LogP contribution is 2.32. The lowest BCUT2D eigenvalue weighted by molar-refractivity contribution is 0.197. The highest BCUT2D eigenvalue weighted by Gasteiger charge is 2.24. The van der Waals surface area contributed by atoms with Gasteiger partial charge in [0.1, 0.15) is 5.69 Å². The molecule has 3 aromatic rings. The molecule has 0 N–H and O–H groups in total. The van der Waals surface area contributed by atoms with E-state index in [1.807, 2.05) is 42.7 Å². The van der Waals surface area contributed by atoms with Gasteiger partial charge in [-0.2, -0.15) is 5.10 Å². The maximum absolute atomic E-state index is 7.02. The fourth-order valence-corrected chi connectivity index (χ4v) is 3.62. The van der Waals surface area contributed by atoms with Crippen LogP contribution < -0.4 is 0 Å². The molecule has 0 spiro atoms. The molecule has 0 radical (unpaired) electrons. The maximum atomic E-state index is 7.02. The third-order valence-electron chi connectivity index (χ3n) is 4.80. The largest absolute Gasteiger partial charge is 0.299 e. The van der Waals surface area contributed by atoms with E-state index in [-0.39, 0.29) is 0 Å². The Balaban J connectivity index is 1.71. The molecule has 1 saturated heterocycles. The molecule has 0 unspecified atom stereocenters. The van der Waals surface area contributed by atoms with Crippen LogP contribution in [0.25, 0.3) is 27.0 Å². The van der Waals surface area contributed by atoms with Crippen molar-refractivity contribution in [2.75, 3.05) is 19.8 Å². The van der Waals surface area contributed by atoms with Crippen LogP contribution in [0.3, 0.4) is 0 Å². The normalized spacial score (nSPS) is 16.2. The van der Waals surface area contributed by atoms with E-state index >= 15 is 0 Å². The second-order valence-corrected chi connectivity index (χ2v) is 6.78. The summed E-state index contributed by atoms with van der Waals surface area (Å²) in [6, 6.07) is 10.2. The highest BCUT2D eigenvalue weighted by molar-refractivity contribution is 6.30. The number of aromatic nitrogens is 3. The Morgan fingerprint density at radius 3 is 2.64 bits per heavy atom. The first-order valence-electron chi connectivity index (χ1n) is 8.40. The van der Waals surface area contributed by atoms with Crippen molar-refractivity contribution in [1.82, 2.24) is 19.7 Å². The van der Waals surface area contributed by atoms with Gasteiger partial charge in [-0.3, -0.25) is 14.5 Å². The van der Waals surface area contributed by atoms with Crippen molar-refractivity contribution in [2.24, 2.45) is 0 Å². The minimum atomic E-state index is 0.355. The maximum Gasteiger partial charge on any atom is 0.270 e. The molecule has 1 aromatic carbocycles. The van der Waals surface area contributed by atoms with E-state index < -0.39 is 0 Å². The van der Waals surface area contributed by atoms with Crippen LogP contribution in [0, 0.1) is 6.57 Å². The summed E-state index contributed by atoms with van der Waals surface area (Å²) in [5.41, 5.74) is 3.11. The summed E-state index contributed by atoms with van der Waals surface area (Å²) >= 11 is 6.02. The molecule has 5 nitrogen and oxygen atoms in total. The Morgan fingerprint density at radius 2 is 1.92 bits per heavy atom. The van der Waals surface area contributed by atoms with Crippen LogP contribution in [0.1, 0.15) is 18.9 Å². The van der Waals surface area contributed by atoms with Gasteiger partial charge in [0.2, 0.25) is 0 Å². The van der Waals surface area contributed by atoms with Crippen LogP contribution in [-0.4, -0.2) is 39.4 Å². The van der Waals surface area contributed by atoms with Crippen molar-refractivity contribution in [3.8, 4) is 11.3 Å². The van der Waals surface area contributed by atoms with Gasteiger partial charge in [0.05, 0.1) is 11.6 Å². The van der Waals surface area contributed by atoms with Crippen LogP contribution in [-0.2, 0) is 0 Å². The van der Waals surface area contributed by atoms with E-state index in [9.17, 15) is 0 Å². The molecule has 0 atom stereocenters. The Morgan fingerprint density at radius 1 is 1.16 bits per heavy atom. The van der Waals surface area contributed by atoms with Gasteiger partial charge in [-0.1, -0.05) is 23.7 Å². The van der Waals surface area contributed by atoms with Gasteiger partial charge in [0, 0.05) is 41.5 Å². The van der Waals surface area contributed by atoms with Crippen molar-refractivity contribution >= 4 is 22.5 Å². The minimum Gasteiger partial charge on any atom is -0.299 e. The molecule has 126 valence electrons. The third kappa shape index (κ3) is 3.11. The predicted octanol–water partition coefficient (Wildman–Crippen LogP) is 4.27. The molecular formula is C19H18ClN5. The number of piperidine rings is 1. The Labute approximate surface area is 151 Å². The van der Waals surface area contributed by atoms with Crippen molar-refractivity contribution in [3.63, 3.8) is 0 Å². The molecule has 2 aromatic heterocycles. The number of likely N-dealkylation sites (tertiary alicyclic amines) is 1. The van der Waals surface area contributed by atoms with Gasteiger partial charge in [-0.05, 0) is 31.0 Å². The Bertz CT molecular complexity index is 917. The second kappa shape index (κ2) is 6.83. The number of pyridine rings is 1. The molecule has 1 aliphatic heterocycles. The number of rotatable bonds is 3. The molecule has 1 fully saturated rings. The highest BCUT2D eigenvalue weighted by atomic mass is 35.5. The number of halogens is 1. The van der Waals surface area contributed by atoms with E-state index in [0.29, 0.717) is 12.7 Å². The average Bonchev–Trinajstić information content (AvgIpc) is 3.03. The Hall–Kier alpha value is -2.42. The fourth-order valence-electron chi connectivity index (χ4n) is 3.49. The molecule has 0 aliphatic carbocycles. The van der Waals surface area contributed by atoms with Crippen LogP contribution in [0.5, 0.6) is 0 Å². The van der Waals surface area contributed by atoms with Crippen LogP contribution in [0.2, 0.25) is 5.02 Å². The van der Waals surface area contributed by atoms with Crippen LogP contribution in [0.4, 0.5) is 0 Å². The van der Waals surface area contributed by atoms with E-state index in [0.717, 1.165) is 53.1 Å². The standard InChI is InChI=1S/C19H18ClN5/c1-21-13-24-10-7-16(8-11-24)25-18-6-9-22-12-17(18)19(23-25)14-2-4-15(20)5-3-14/h2-6,9,12,16H,7-8,10-11,13H2. The zero-order valence-corrected chi connectivity index (χ0v) is 14.5. The minimum absolute atomic E-state index is 0.355. The molecule has 6 heteroatoms. The van der Waals surface area contributed by atoms with Gasteiger partial charge in [0.15, 0.2) is 0 Å². The van der Waals surface area contributed by atoms with E-state index in [4.69, 9.17) is 23.3 Å². The quantitative estimate of drug-likeness (QED) is 0.661. The van der Waals surface area contributed by atoms with Gasteiger partial charge in [0.25, 0.3) is 6.67 Å². The van der Waals surface area contributed by atoms with Crippen molar-refractivity contribution in [1.29, 1.82) is 0 Å². The summed E-state index contributed by atoms with van der Waals surface area (Å²) < 4.78 is 2.15. The summed E-state index contributed by atoms with van der Waals surface area (Å²) in [6.07, 6.45) is 5.72. The lowest BCUT2D eigenvalue weighted by Crippen LogP contribution is -2.34. The zero-order valence-electron chi connectivity index (χ0n) is 13.8. The lowest BCUT2D eigenvalue weighted by atomic mass is 10.1. The SMILES string of the molecule is [C-]#[N+]CN1CCC(n2nc(-c3ccc(Cl)cc3)c3cnccc32)CC1. The summed E-state index contributed by atoms with van der Waals surface area (Å²) in [4.78, 5) is 9.99. The third-order valence-corrected chi connectivity index (χ3v) is 5.05. The molecule has 0 saturated carbocycles. The van der Waals surface area contributed by atoms with Crippen LogP contribution in [0.15, 0.2) is 42.7 Å². The summed E-state index contributed by atoms with van der Waals surface area (Å²) in [5.74, 6) is 0. The summed E-state index contributed by atoms with van der Waals surface area (Å²) in [7, 11) is 0. The van der Waals surface area contributed by atoms with E-state index in [1.54, 1.807) is 0 Å². The molecular weight excluding hydrogens is 334 g/mol. The van der Waals surface area contributed by atoms with Crippen molar-refractivity contribution in [2.45, 2.75) is 18.9 Å². The molecule has 4 rings (SSSR count). The van der Waals surface area contributed by atoms with Crippen molar-refractivity contribution in [3.05, 3.63) is 59.2 Å². The molecule has 3 heterocycles. The molecule has 0 bridgehead atoms. The first-order valence-corrected chi connectivity index (χ1v) is 8.78. The van der Waals surface area contributed by atoms with E-state index in [1.165, 1.54) is 0 Å². The van der Waals surface area contributed by atoms with E-state index in [2.05, 4.69) is 19.4 Å². The number of hydrogen-bond acceptors (Lipinski definition) is 3. The number of nitrogens with zero attached hydrogens (tertiary/aromatic N) is 5. The molecule has 25 heavy (non-hydrogen) atoms.